The van der Waals surface area contributed by atoms with E-state index in [1.54, 1.807) is 6.07 Å². The molecule has 1 aliphatic carbocycles. The number of hydrogen-bond acceptors (Lipinski definition) is 4. The number of para-hydroxylation sites is 2. The average Bonchev–Trinajstić information content (AvgIpc) is 3.39. The third-order valence-electron chi connectivity index (χ3n) is 4.71. The predicted molar refractivity (Wildman–Crippen MR) is 114 cm³/mol. The maximum Gasteiger partial charge on any atom is 0.252 e. The number of rotatable bonds is 8. The van der Waals surface area contributed by atoms with Crippen molar-refractivity contribution < 1.29 is 13.2 Å². The van der Waals surface area contributed by atoms with Crippen molar-refractivity contribution in [3.8, 4) is 0 Å². The number of aryl methyl sites for hydroxylation is 1. The number of nitrogens with one attached hydrogen (secondary N) is 3. The second-order valence-corrected chi connectivity index (χ2v) is 9.67. The van der Waals surface area contributed by atoms with Gasteiger partial charge in [0.2, 0.25) is 10.0 Å². The van der Waals surface area contributed by atoms with Crippen LogP contribution in [0.25, 0.3) is 11.0 Å². The van der Waals surface area contributed by atoms with Crippen LogP contribution in [0.2, 0.25) is 0 Å². The molecular weight excluding hydrogens is 456 g/mol. The summed E-state index contributed by atoms with van der Waals surface area (Å²) in [6.07, 6.45) is 3.13. The minimum absolute atomic E-state index is 0.0131. The third-order valence-corrected chi connectivity index (χ3v) is 6.92. The van der Waals surface area contributed by atoms with Crippen molar-refractivity contribution in [1.29, 1.82) is 0 Å². The Kier molecular flexibility index (Phi) is 5.71. The summed E-state index contributed by atoms with van der Waals surface area (Å²) in [5, 5.41) is 2.85. The van der Waals surface area contributed by atoms with Crippen molar-refractivity contribution >= 4 is 42.9 Å². The Hall–Kier alpha value is -2.23. The molecule has 1 fully saturated rings. The highest BCUT2D eigenvalue weighted by Crippen LogP contribution is 2.25. The number of aromatic amines is 1. The number of fused-ring (bicyclic) bond motifs is 1. The van der Waals surface area contributed by atoms with Gasteiger partial charge in [0.05, 0.1) is 21.5 Å². The number of carbonyl (C=O) groups excluding carboxylic acids is 1. The number of nitrogens with zero attached hydrogens (tertiary/aromatic N) is 1. The number of imidazole rings is 1. The molecule has 1 heterocycles. The van der Waals surface area contributed by atoms with E-state index in [4.69, 9.17) is 0 Å². The molecule has 0 atom stereocenters. The highest BCUT2D eigenvalue weighted by Gasteiger charge is 2.28. The lowest BCUT2D eigenvalue weighted by atomic mass is 10.2. The van der Waals surface area contributed by atoms with Crippen LogP contribution in [-0.4, -0.2) is 36.9 Å². The fourth-order valence-corrected chi connectivity index (χ4v) is 4.77. The van der Waals surface area contributed by atoms with Crippen LogP contribution in [0.3, 0.4) is 0 Å². The third kappa shape index (κ3) is 4.85. The molecular formula is C20H21BrN4O3S. The Morgan fingerprint density at radius 3 is 2.76 bits per heavy atom. The molecule has 29 heavy (non-hydrogen) atoms. The number of hydrogen-bond donors (Lipinski definition) is 3. The molecule has 3 aromatic rings. The van der Waals surface area contributed by atoms with Crippen LogP contribution in [-0.2, 0) is 16.4 Å². The van der Waals surface area contributed by atoms with Gasteiger partial charge in [-0.1, -0.05) is 12.1 Å². The minimum Gasteiger partial charge on any atom is -0.352 e. The highest BCUT2D eigenvalue weighted by molar-refractivity contribution is 9.10. The standard InChI is InChI=1S/C20H21BrN4O3S/c21-16-10-9-14(29(27,28)25-13-7-8-13)12-15(16)20(26)22-11-3-6-19-23-17-4-1-2-5-18(17)24-19/h1-2,4-5,9-10,12-13,25H,3,6-8,11H2,(H,22,26)(H,23,24). The molecule has 0 saturated heterocycles. The number of carbonyl (C=O) groups is 1. The Morgan fingerprint density at radius 2 is 2.00 bits per heavy atom. The van der Waals surface area contributed by atoms with Crippen LogP contribution in [0.1, 0.15) is 35.4 Å². The Morgan fingerprint density at radius 1 is 1.21 bits per heavy atom. The summed E-state index contributed by atoms with van der Waals surface area (Å²) in [5.41, 5.74) is 2.22. The first-order chi connectivity index (χ1) is 13.9. The van der Waals surface area contributed by atoms with Crippen LogP contribution in [0.5, 0.6) is 0 Å². The maximum atomic E-state index is 12.6. The van der Waals surface area contributed by atoms with E-state index < -0.39 is 10.0 Å². The zero-order valence-electron chi connectivity index (χ0n) is 15.6. The van der Waals surface area contributed by atoms with Crippen LogP contribution < -0.4 is 10.0 Å². The van der Waals surface area contributed by atoms with Gasteiger partial charge in [0.1, 0.15) is 5.82 Å². The fraction of sp³-hybridized carbons (Fsp3) is 0.300. The molecule has 4 rings (SSSR count). The van der Waals surface area contributed by atoms with Crippen molar-refractivity contribution in [3.63, 3.8) is 0 Å². The summed E-state index contributed by atoms with van der Waals surface area (Å²) < 4.78 is 28.0. The van der Waals surface area contributed by atoms with Gasteiger partial charge in [-0.15, -0.1) is 0 Å². The van der Waals surface area contributed by atoms with Gasteiger partial charge in [-0.2, -0.15) is 0 Å². The number of halogens is 1. The van der Waals surface area contributed by atoms with E-state index in [1.165, 1.54) is 12.1 Å². The summed E-state index contributed by atoms with van der Waals surface area (Å²) in [5.74, 6) is 0.561. The van der Waals surface area contributed by atoms with Crippen molar-refractivity contribution in [3.05, 3.63) is 58.3 Å². The summed E-state index contributed by atoms with van der Waals surface area (Å²) in [4.78, 5) is 20.4. The number of sulfonamides is 1. The normalized spacial score (nSPS) is 14.2. The molecule has 3 N–H and O–H groups in total. The van der Waals surface area contributed by atoms with E-state index in [0.29, 0.717) is 29.4 Å². The van der Waals surface area contributed by atoms with Crippen LogP contribution in [0.4, 0.5) is 0 Å². The highest BCUT2D eigenvalue weighted by atomic mass is 79.9. The Labute approximate surface area is 177 Å². The summed E-state index contributed by atoms with van der Waals surface area (Å²) >= 11 is 3.34. The predicted octanol–water partition coefficient (Wildman–Crippen LogP) is 3.13. The van der Waals surface area contributed by atoms with Crippen molar-refractivity contribution in [2.45, 2.75) is 36.6 Å². The van der Waals surface area contributed by atoms with Crippen LogP contribution in [0.15, 0.2) is 51.8 Å². The zero-order valence-corrected chi connectivity index (χ0v) is 18.0. The Balaban J connectivity index is 1.35. The molecule has 1 saturated carbocycles. The molecule has 1 aromatic heterocycles. The van der Waals surface area contributed by atoms with Gasteiger partial charge in [0.25, 0.3) is 5.91 Å². The van der Waals surface area contributed by atoms with E-state index in [-0.39, 0.29) is 16.8 Å². The van der Waals surface area contributed by atoms with Crippen molar-refractivity contribution in [2.24, 2.45) is 0 Å². The van der Waals surface area contributed by atoms with Crippen molar-refractivity contribution in [2.75, 3.05) is 6.54 Å². The Bertz CT molecular complexity index is 1120. The topological polar surface area (TPSA) is 104 Å². The first kappa shape index (κ1) is 20.1. The molecule has 0 radical (unpaired) electrons. The quantitative estimate of drug-likeness (QED) is 0.434. The number of benzene rings is 2. The SMILES string of the molecule is O=C(NCCCc1nc2ccccc2[nH]1)c1cc(S(=O)(=O)NC2CC2)ccc1Br. The molecule has 1 aliphatic rings. The fourth-order valence-electron chi connectivity index (χ4n) is 3.01. The lowest BCUT2D eigenvalue weighted by Crippen LogP contribution is -2.28. The second kappa shape index (κ2) is 8.25. The van der Waals surface area contributed by atoms with E-state index >= 15 is 0 Å². The van der Waals surface area contributed by atoms with Gasteiger partial charge in [-0.3, -0.25) is 4.79 Å². The number of aromatic nitrogens is 2. The largest absolute Gasteiger partial charge is 0.352 e. The number of H-pyrrole nitrogens is 1. The smallest absolute Gasteiger partial charge is 0.252 e. The first-order valence-electron chi connectivity index (χ1n) is 9.46. The summed E-state index contributed by atoms with van der Waals surface area (Å²) in [6, 6.07) is 12.3. The first-order valence-corrected chi connectivity index (χ1v) is 11.7. The van der Waals surface area contributed by atoms with Gasteiger partial charge >= 0.3 is 0 Å². The second-order valence-electron chi connectivity index (χ2n) is 7.10. The summed E-state index contributed by atoms with van der Waals surface area (Å²) in [6.45, 7) is 0.458. The molecule has 0 spiro atoms. The van der Waals surface area contributed by atoms with E-state index in [9.17, 15) is 13.2 Å². The van der Waals surface area contributed by atoms with E-state index in [0.717, 1.165) is 29.7 Å². The summed E-state index contributed by atoms with van der Waals surface area (Å²) in [7, 11) is -3.61. The van der Waals surface area contributed by atoms with E-state index in [1.807, 2.05) is 24.3 Å². The zero-order chi connectivity index (χ0) is 20.4. The molecule has 7 nitrogen and oxygen atoms in total. The van der Waals surface area contributed by atoms with Crippen LogP contribution in [0, 0.1) is 0 Å². The van der Waals surface area contributed by atoms with Crippen LogP contribution >= 0.6 is 15.9 Å². The molecule has 0 unspecified atom stereocenters. The molecule has 152 valence electrons. The van der Waals surface area contributed by atoms with Crippen molar-refractivity contribution in [1.82, 2.24) is 20.0 Å². The average molecular weight is 477 g/mol. The number of amides is 1. The van der Waals surface area contributed by atoms with Gasteiger partial charge in [0.15, 0.2) is 0 Å². The molecule has 0 aliphatic heterocycles. The van der Waals surface area contributed by atoms with Gasteiger partial charge in [-0.05, 0) is 65.5 Å². The lowest BCUT2D eigenvalue weighted by Gasteiger charge is -2.10. The lowest BCUT2D eigenvalue weighted by molar-refractivity contribution is 0.0952. The molecule has 9 heteroatoms. The molecule has 1 amide bonds. The maximum absolute atomic E-state index is 12.6. The molecule has 2 aromatic carbocycles. The monoisotopic (exact) mass is 476 g/mol. The van der Waals surface area contributed by atoms with E-state index in [2.05, 4.69) is 35.9 Å². The van der Waals surface area contributed by atoms with Gasteiger partial charge in [0, 0.05) is 23.5 Å². The minimum atomic E-state index is -3.61. The molecule has 0 bridgehead atoms. The van der Waals surface area contributed by atoms with Gasteiger partial charge < -0.3 is 10.3 Å². The van der Waals surface area contributed by atoms with Gasteiger partial charge in [-0.25, -0.2) is 18.1 Å².